The maximum atomic E-state index is 4.77. The summed E-state index contributed by atoms with van der Waals surface area (Å²) in [5.41, 5.74) is 2.63. The van der Waals surface area contributed by atoms with E-state index in [1.165, 1.54) is 5.56 Å². The van der Waals surface area contributed by atoms with Crippen LogP contribution in [0.1, 0.15) is 52.8 Å². The molecule has 3 heteroatoms. The highest BCUT2D eigenvalue weighted by atomic mass is 15.2. The summed E-state index contributed by atoms with van der Waals surface area (Å²) in [4.78, 5) is 7.04. The Morgan fingerprint density at radius 3 is 2.25 bits per heavy atom. The van der Waals surface area contributed by atoms with E-state index in [9.17, 15) is 0 Å². The van der Waals surface area contributed by atoms with Crippen molar-refractivity contribution in [1.29, 1.82) is 0 Å². The Kier molecular flexibility index (Phi) is 5.58. The lowest BCUT2D eigenvalue weighted by molar-refractivity contribution is 0.328. The normalized spacial score (nSPS) is 13.7. The van der Waals surface area contributed by atoms with Gasteiger partial charge in [-0.15, -0.1) is 0 Å². The standard InChI is InChI=1S/C17H31N3/c1-12(2)18-11-15-9-10-16(19-13(15)3)20(8)14(4)17(5,6)7/h9-10,12,14,18H,11H2,1-8H3. The van der Waals surface area contributed by atoms with Crippen LogP contribution in [0.5, 0.6) is 0 Å². The van der Waals surface area contributed by atoms with Crippen molar-refractivity contribution >= 4 is 5.82 Å². The van der Waals surface area contributed by atoms with Gasteiger partial charge in [-0.2, -0.15) is 0 Å². The van der Waals surface area contributed by atoms with Gasteiger partial charge in [-0.05, 0) is 30.9 Å². The molecule has 0 aliphatic rings. The molecular formula is C17H31N3. The summed E-state index contributed by atoms with van der Waals surface area (Å²) < 4.78 is 0. The summed E-state index contributed by atoms with van der Waals surface area (Å²) >= 11 is 0. The number of aryl methyl sites for hydroxylation is 1. The molecule has 1 aromatic heterocycles. The minimum atomic E-state index is 0.238. The fourth-order valence-corrected chi connectivity index (χ4v) is 2.05. The molecule has 20 heavy (non-hydrogen) atoms. The molecule has 0 saturated carbocycles. The zero-order valence-electron chi connectivity index (χ0n) is 14.4. The first kappa shape index (κ1) is 17.0. The molecule has 0 aliphatic heterocycles. The van der Waals surface area contributed by atoms with Crippen molar-refractivity contribution in [3.05, 3.63) is 23.4 Å². The largest absolute Gasteiger partial charge is 0.356 e. The third-order valence-electron chi connectivity index (χ3n) is 4.08. The molecule has 0 bridgehead atoms. The van der Waals surface area contributed by atoms with E-state index in [0.717, 1.165) is 18.1 Å². The van der Waals surface area contributed by atoms with E-state index < -0.39 is 0 Å². The van der Waals surface area contributed by atoms with Gasteiger partial charge in [0, 0.05) is 31.4 Å². The number of anilines is 1. The van der Waals surface area contributed by atoms with Crippen LogP contribution in [0.15, 0.2) is 12.1 Å². The zero-order chi connectivity index (χ0) is 15.5. The Morgan fingerprint density at radius 1 is 1.20 bits per heavy atom. The zero-order valence-corrected chi connectivity index (χ0v) is 14.4. The van der Waals surface area contributed by atoms with Crippen molar-refractivity contribution in [2.45, 2.75) is 67.1 Å². The van der Waals surface area contributed by atoms with Crippen LogP contribution in [0, 0.1) is 12.3 Å². The second-order valence-corrected chi connectivity index (χ2v) is 7.10. The maximum absolute atomic E-state index is 4.77. The molecule has 0 saturated heterocycles. The molecule has 1 atom stereocenters. The molecule has 0 spiro atoms. The number of hydrogen-bond donors (Lipinski definition) is 1. The number of pyridine rings is 1. The van der Waals surface area contributed by atoms with Crippen LogP contribution in [0.2, 0.25) is 0 Å². The highest BCUT2D eigenvalue weighted by molar-refractivity contribution is 5.42. The highest BCUT2D eigenvalue weighted by Crippen LogP contribution is 2.26. The topological polar surface area (TPSA) is 28.2 Å². The maximum Gasteiger partial charge on any atom is 0.128 e. The lowest BCUT2D eigenvalue weighted by Crippen LogP contribution is -2.39. The molecule has 1 N–H and O–H groups in total. The van der Waals surface area contributed by atoms with Gasteiger partial charge in [0.05, 0.1) is 0 Å². The summed E-state index contributed by atoms with van der Waals surface area (Å²) in [6.07, 6.45) is 0. The molecule has 0 aliphatic carbocycles. The molecule has 0 fully saturated rings. The first-order valence-corrected chi connectivity index (χ1v) is 7.55. The first-order valence-electron chi connectivity index (χ1n) is 7.55. The first-order chi connectivity index (χ1) is 9.12. The summed E-state index contributed by atoms with van der Waals surface area (Å²) in [6.45, 7) is 16.4. The van der Waals surface area contributed by atoms with Crippen molar-refractivity contribution in [3.63, 3.8) is 0 Å². The number of rotatable bonds is 5. The molecule has 1 aromatic rings. The van der Waals surface area contributed by atoms with Gasteiger partial charge in [-0.3, -0.25) is 0 Å². The fraction of sp³-hybridized carbons (Fsp3) is 0.706. The van der Waals surface area contributed by atoms with Gasteiger partial charge >= 0.3 is 0 Å². The Labute approximate surface area is 124 Å². The van der Waals surface area contributed by atoms with Crippen LogP contribution in [0.3, 0.4) is 0 Å². The van der Waals surface area contributed by atoms with Crippen LogP contribution in [-0.2, 0) is 6.54 Å². The SMILES string of the molecule is Cc1nc(N(C)C(C)C(C)(C)C)ccc1CNC(C)C. The Bertz CT molecular complexity index is 432. The predicted molar refractivity (Wildman–Crippen MR) is 88.3 cm³/mol. The third kappa shape index (κ3) is 4.48. The van der Waals surface area contributed by atoms with Crippen molar-refractivity contribution in [1.82, 2.24) is 10.3 Å². The molecule has 0 amide bonds. The van der Waals surface area contributed by atoms with Crippen molar-refractivity contribution < 1.29 is 0 Å². The van der Waals surface area contributed by atoms with Crippen LogP contribution in [-0.4, -0.2) is 24.1 Å². The van der Waals surface area contributed by atoms with Gasteiger partial charge in [0.25, 0.3) is 0 Å². The van der Waals surface area contributed by atoms with Crippen LogP contribution < -0.4 is 10.2 Å². The second kappa shape index (κ2) is 6.57. The Hall–Kier alpha value is -1.09. The second-order valence-electron chi connectivity index (χ2n) is 7.10. The summed E-state index contributed by atoms with van der Waals surface area (Å²) in [6, 6.07) is 5.26. The number of aromatic nitrogens is 1. The van der Waals surface area contributed by atoms with Gasteiger partial charge in [-0.25, -0.2) is 4.98 Å². The van der Waals surface area contributed by atoms with E-state index in [1.54, 1.807) is 0 Å². The molecule has 0 radical (unpaired) electrons. The molecule has 1 unspecified atom stereocenters. The van der Waals surface area contributed by atoms with Gasteiger partial charge < -0.3 is 10.2 Å². The molecular weight excluding hydrogens is 246 g/mol. The smallest absolute Gasteiger partial charge is 0.128 e. The number of nitrogens with zero attached hydrogens (tertiary/aromatic N) is 2. The monoisotopic (exact) mass is 277 g/mol. The molecule has 3 nitrogen and oxygen atoms in total. The van der Waals surface area contributed by atoms with E-state index in [0.29, 0.717) is 12.1 Å². The quantitative estimate of drug-likeness (QED) is 0.888. The molecule has 1 heterocycles. The minimum absolute atomic E-state index is 0.238. The summed E-state index contributed by atoms with van der Waals surface area (Å²) in [7, 11) is 2.13. The average Bonchev–Trinajstić information content (AvgIpc) is 2.34. The van der Waals surface area contributed by atoms with Gasteiger partial charge in [0.15, 0.2) is 0 Å². The van der Waals surface area contributed by atoms with Gasteiger partial charge in [0.2, 0.25) is 0 Å². The van der Waals surface area contributed by atoms with E-state index in [-0.39, 0.29) is 5.41 Å². The molecule has 114 valence electrons. The Morgan fingerprint density at radius 2 is 1.80 bits per heavy atom. The van der Waals surface area contributed by atoms with Crippen molar-refractivity contribution in [2.75, 3.05) is 11.9 Å². The van der Waals surface area contributed by atoms with E-state index in [2.05, 4.69) is 77.9 Å². The van der Waals surface area contributed by atoms with Gasteiger partial charge in [-0.1, -0.05) is 40.7 Å². The third-order valence-corrected chi connectivity index (χ3v) is 4.08. The highest BCUT2D eigenvalue weighted by Gasteiger charge is 2.24. The van der Waals surface area contributed by atoms with E-state index >= 15 is 0 Å². The predicted octanol–water partition coefficient (Wildman–Crippen LogP) is 3.76. The van der Waals surface area contributed by atoms with E-state index in [4.69, 9.17) is 4.98 Å². The van der Waals surface area contributed by atoms with Crippen molar-refractivity contribution in [3.8, 4) is 0 Å². The van der Waals surface area contributed by atoms with Crippen LogP contribution in [0.25, 0.3) is 0 Å². The lowest BCUT2D eigenvalue weighted by Gasteiger charge is -2.36. The number of hydrogen-bond acceptors (Lipinski definition) is 3. The van der Waals surface area contributed by atoms with Crippen LogP contribution in [0.4, 0.5) is 5.82 Å². The molecule has 0 aromatic carbocycles. The van der Waals surface area contributed by atoms with Gasteiger partial charge in [0.1, 0.15) is 5.82 Å². The lowest BCUT2D eigenvalue weighted by atomic mass is 9.87. The van der Waals surface area contributed by atoms with Crippen molar-refractivity contribution in [2.24, 2.45) is 5.41 Å². The number of nitrogens with one attached hydrogen (secondary N) is 1. The fourth-order valence-electron chi connectivity index (χ4n) is 2.05. The minimum Gasteiger partial charge on any atom is -0.356 e. The molecule has 1 rings (SSSR count). The van der Waals surface area contributed by atoms with E-state index in [1.807, 2.05) is 0 Å². The van der Waals surface area contributed by atoms with Crippen LogP contribution >= 0.6 is 0 Å². The average molecular weight is 277 g/mol. The Balaban J connectivity index is 2.86. The summed E-state index contributed by atoms with van der Waals surface area (Å²) in [5, 5.41) is 3.44. The summed E-state index contributed by atoms with van der Waals surface area (Å²) in [5.74, 6) is 1.05.